The molecule has 0 saturated carbocycles. The maximum absolute atomic E-state index is 13.9. The first-order chi connectivity index (χ1) is 8.92. The Labute approximate surface area is 112 Å². The van der Waals surface area contributed by atoms with Crippen molar-refractivity contribution in [3.8, 4) is 0 Å². The Morgan fingerprint density at radius 2 is 2.16 bits per heavy atom. The van der Waals surface area contributed by atoms with E-state index in [9.17, 15) is 12.8 Å². The standard InChI is InChI=1S/C12H17FN2O3S/c1-15-19(16,17)11-6-7-18-8-12(11,14)9-4-2-3-5-10(9)13/h2-5,11,15H,6-8,14H2,1H3. The van der Waals surface area contributed by atoms with Gasteiger partial charge in [0.05, 0.1) is 12.1 Å². The van der Waals surface area contributed by atoms with E-state index in [-0.39, 0.29) is 18.6 Å². The lowest BCUT2D eigenvalue weighted by Gasteiger charge is -2.40. The molecule has 0 amide bonds. The number of hydrogen-bond acceptors (Lipinski definition) is 4. The highest BCUT2D eigenvalue weighted by Crippen LogP contribution is 2.33. The molecule has 7 heteroatoms. The van der Waals surface area contributed by atoms with Gasteiger partial charge in [-0.25, -0.2) is 17.5 Å². The van der Waals surface area contributed by atoms with Crippen molar-refractivity contribution in [2.45, 2.75) is 17.2 Å². The van der Waals surface area contributed by atoms with E-state index in [1.165, 1.54) is 25.2 Å². The van der Waals surface area contributed by atoms with Crippen LogP contribution in [0.2, 0.25) is 0 Å². The molecule has 2 unspecified atom stereocenters. The second-order valence-corrected chi connectivity index (χ2v) is 6.67. The van der Waals surface area contributed by atoms with Gasteiger partial charge in [-0.2, -0.15) is 0 Å². The van der Waals surface area contributed by atoms with E-state index >= 15 is 0 Å². The summed E-state index contributed by atoms with van der Waals surface area (Å²) in [5.41, 5.74) is 4.98. The minimum atomic E-state index is -3.62. The zero-order valence-corrected chi connectivity index (χ0v) is 11.4. The molecule has 5 nitrogen and oxygen atoms in total. The first-order valence-electron chi connectivity index (χ1n) is 5.96. The molecular weight excluding hydrogens is 271 g/mol. The van der Waals surface area contributed by atoms with Gasteiger partial charge in [0.15, 0.2) is 0 Å². The molecule has 19 heavy (non-hydrogen) atoms. The van der Waals surface area contributed by atoms with Gasteiger partial charge in [-0.05, 0) is 19.5 Å². The van der Waals surface area contributed by atoms with Crippen molar-refractivity contribution in [2.75, 3.05) is 20.3 Å². The number of halogens is 1. The molecule has 1 aromatic rings. The third kappa shape index (κ3) is 2.51. The summed E-state index contributed by atoms with van der Waals surface area (Å²) < 4.78 is 45.7. The zero-order valence-electron chi connectivity index (χ0n) is 10.6. The highest BCUT2D eigenvalue weighted by molar-refractivity contribution is 7.90. The van der Waals surface area contributed by atoms with Gasteiger partial charge >= 0.3 is 0 Å². The fourth-order valence-electron chi connectivity index (χ4n) is 2.45. The molecule has 1 saturated heterocycles. The van der Waals surface area contributed by atoms with E-state index in [1.807, 2.05) is 0 Å². The summed E-state index contributed by atoms with van der Waals surface area (Å²) in [4.78, 5) is 0. The molecule has 1 fully saturated rings. The molecule has 1 aliphatic rings. The van der Waals surface area contributed by atoms with Crippen LogP contribution in [0.5, 0.6) is 0 Å². The predicted molar refractivity (Wildman–Crippen MR) is 69.5 cm³/mol. The maximum atomic E-state index is 13.9. The summed E-state index contributed by atoms with van der Waals surface area (Å²) >= 11 is 0. The largest absolute Gasteiger partial charge is 0.379 e. The molecular formula is C12H17FN2O3S. The van der Waals surface area contributed by atoms with Crippen LogP contribution in [0.3, 0.4) is 0 Å². The lowest BCUT2D eigenvalue weighted by Crippen LogP contribution is -2.59. The van der Waals surface area contributed by atoms with Gasteiger partial charge in [0.2, 0.25) is 10.0 Å². The first kappa shape index (κ1) is 14.4. The topological polar surface area (TPSA) is 81.4 Å². The minimum Gasteiger partial charge on any atom is -0.379 e. The van der Waals surface area contributed by atoms with E-state index in [2.05, 4.69) is 4.72 Å². The normalized spacial score (nSPS) is 28.3. The summed E-state index contributed by atoms with van der Waals surface area (Å²) in [6.45, 7) is 0.262. The summed E-state index contributed by atoms with van der Waals surface area (Å²) in [6.07, 6.45) is 0.230. The molecule has 0 aliphatic carbocycles. The molecule has 0 spiro atoms. The molecule has 1 aliphatic heterocycles. The number of nitrogens with one attached hydrogen (secondary N) is 1. The first-order valence-corrected chi connectivity index (χ1v) is 7.50. The molecule has 0 bridgehead atoms. The second-order valence-electron chi connectivity index (χ2n) is 4.60. The van der Waals surface area contributed by atoms with E-state index in [0.717, 1.165) is 0 Å². The van der Waals surface area contributed by atoms with Gasteiger partial charge in [-0.15, -0.1) is 0 Å². The van der Waals surface area contributed by atoms with Crippen molar-refractivity contribution >= 4 is 10.0 Å². The van der Waals surface area contributed by atoms with Crippen LogP contribution >= 0.6 is 0 Å². The average Bonchev–Trinajstić information content (AvgIpc) is 2.39. The monoisotopic (exact) mass is 288 g/mol. The van der Waals surface area contributed by atoms with Crippen molar-refractivity contribution in [2.24, 2.45) is 5.73 Å². The summed E-state index contributed by atoms with van der Waals surface area (Å²) in [6, 6.07) is 5.93. The molecule has 0 radical (unpaired) electrons. The number of sulfonamides is 1. The highest BCUT2D eigenvalue weighted by atomic mass is 32.2. The van der Waals surface area contributed by atoms with Crippen LogP contribution in [-0.4, -0.2) is 33.9 Å². The second kappa shape index (κ2) is 5.16. The van der Waals surface area contributed by atoms with Crippen molar-refractivity contribution in [3.05, 3.63) is 35.6 Å². The average molecular weight is 288 g/mol. The fraction of sp³-hybridized carbons (Fsp3) is 0.500. The summed E-state index contributed by atoms with van der Waals surface area (Å²) in [5.74, 6) is -0.521. The van der Waals surface area contributed by atoms with Crippen molar-refractivity contribution in [3.63, 3.8) is 0 Å². The number of rotatable bonds is 3. The Morgan fingerprint density at radius 1 is 1.47 bits per heavy atom. The molecule has 2 rings (SSSR count). The van der Waals surface area contributed by atoms with E-state index in [1.54, 1.807) is 6.07 Å². The SMILES string of the molecule is CNS(=O)(=O)C1CCOCC1(N)c1ccccc1F. The van der Waals surface area contributed by atoms with E-state index in [0.29, 0.717) is 6.61 Å². The van der Waals surface area contributed by atoms with Crippen molar-refractivity contribution in [1.29, 1.82) is 0 Å². The summed E-state index contributed by atoms with van der Waals surface area (Å²) in [5, 5.41) is -0.921. The summed E-state index contributed by atoms with van der Waals surface area (Å²) in [7, 11) is -2.29. The lowest BCUT2D eigenvalue weighted by atomic mass is 9.85. The van der Waals surface area contributed by atoms with Gasteiger partial charge in [-0.1, -0.05) is 18.2 Å². The smallest absolute Gasteiger partial charge is 0.216 e. The van der Waals surface area contributed by atoms with Crippen LogP contribution in [0.1, 0.15) is 12.0 Å². The van der Waals surface area contributed by atoms with Gasteiger partial charge in [0.1, 0.15) is 11.1 Å². The number of hydrogen-bond donors (Lipinski definition) is 2. The zero-order chi connectivity index (χ0) is 14.1. The third-order valence-electron chi connectivity index (χ3n) is 3.47. The molecule has 0 aromatic heterocycles. The Morgan fingerprint density at radius 3 is 2.79 bits per heavy atom. The molecule has 3 N–H and O–H groups in total. The fourth-order valence-corrected chi connectivity index (χ4v) is 3.89. The Bertz CT molecular complexity index is 564. The van der Waals surface area contributed by atoms with Crippen LogP contribution in [0.25, 0.3) is 0 Å². The van der Waals surface area contributed by atoms with Crippen LogP contribution in [0.4, 0.5) is 4.39 Å². The highest BCUT2D eigenvalue weighted by Gasteiger charge is 2.47. The predicted octanol–water partition coefficient (Wildman–Crippen LogP) is 0.318. The molecule has 1 aromatic carbocycles. The van der Waals surface area contributed by atoms with Crippen molar-refractivity contribution in [1.82, 2.24) is 4.72 Å². The van der Waals surface area contributed by atoms with Gasteiger partial charge < -0.3 is 10.5 Å². The Kier molecular flexibility index (Phi) is 3.91. The molecule has 106 valence electrons. The van der Waals surface area contributed by atoms with Gasteiger partial charge in [-0.3, -0.25) is 0 Å². The van der Waals surface area contributed by atoms with Gasteiger partial charge in [0.25, 0.3) is 0 Å². The molecule has 1 heterocycles. The van der Waals surface area contributed by atoms with Crippen LogP contribution in [-0.2, 0) is 20.3 Å². The van der Waals surface area contributed by atoms with Crippen LogP contribution in [0, 0.1) is 5.82 Å². The lowest BCUT2D eigenvalue weighted by molar-refractivity contribution is 0.0376. The molecule has 2 atom stereocenters. The van der Waals surface area contributed by atoms with Crippen molar-refractivity contribution < 1.29 is 17.5 Å². The van der Waals surface area contributed by atoms with Gasteiger partial charge in [0, 0.05) is 12.2 Å². The Hall–Kier alpha value is -1.02. The van der Waals surface area contributed by atoms with E-state index < -0.39 is 26.6 Å². The number of nitrogens with two attached hydrogens (primary N) is 1. The quantitative estimate of drug-likeness (QED) is 0.839. The minimum absolute atomic E-state index is 0.0283. The van der Waals surface area contributed by atoms with Crippen LogP contribution in [0.15, 0.2) is 24.3 Å². The number of benzene rings is 1. The maximum Gasteiger partial charge on any atom is 0.216 e. The third-order valence-corrected chi connectivity index (χ3v) is 5.45. The van der Waals surface area contributed by atoms with Crippen LogP contribution < -0.4 is 10.5 Å². The number of ether oxygens (including phenoxy) is 1. The Balaban J connectivity index is 2.52. The van der Waals surface area contributed by atoms with E-state index in [4.69, 9.17) is 10.5 Å².